The summed E-state index contributed by atoms with van der Waals surface area (Å²) in [7, 11) is 0. The first kappa shape index (κ1) is 13.6. The lowest BCUT2D eigenvalue weighted by atomic mass is 9.85. The van der Waals surface area contributed by atoms with E-state index in [1.165, 1.54) is 50.9 Å². The van der Waals surface area contributed by atoms with Crippen molar-refractivity contribution >= 4 is 0 Å². The molecule has 0 saturated carbocycles. The predicted octanol–water partition coefficient (Wildman–Crippen LogP) is 3.15. The lowest BCUT2D eigenvalue weighted by molar-refractivity contribution is 0.280. The van der Waals surface area contributed by atoms with Crippen LogP contribution in [0.1, 0.15) is 58.2 Å². The molecule has 102 valence electrons. The third-order valence-electron chi connectivity index (χ3n) is 4.20. The molecule has 2 rings (SSSR count). The average molecular weight is 249 g/mol. The molecule has 1 fully saturated rings. The number of aryl methyl sites for hydroxylation is 1. The van der Waals surface area contributed by atoms with Crippen LogP contribution in [0.4, 0.5) is 0 Å². The number of rotatable bonds is 5. The van der Waals surface area contributed by atoms with Crippen molar-refractivity contribution in [2.75, 3.05) is 6.54 Å². The van der Waals surface area contributed by atoms with Crippen molar-refractivity contribution < 1.29 is 0 Å². The van der Waals surface area contributed by atoms with E-state index in [2.05, 4.69) is 34.9 Å². The van der Waals surface area contributed by atoms with Crippen LogP contribution in [0, 0.1) is 0 Å². The second kappa shape index (κ2) is 6.37. The Morgan fingerprint density at radius 1 is 1.33 bits per heavy atom. The Hall–Kier alpha value is -0.830. The van der Waals surface area contributed by atoms with Gasteiger partial charge in [0.15, 0.2) is 0 Å². The van der Waals surface area contributed by atoms with Gasteiger partial charge in [0.2, 0.25) is 0 Å². The molecule has 1 atom stereocenters. The molecule has 1 saturated heterocycles. The van der Waals surface area contributed by atoms with Crippen LogP contribution < -0.4 is 5.32 Å². The first-order valence-corrected chi connectivity index (χ1v) is 7.55. The lowest BCUT2D eigenvalue weighted by Gasteiger charge is -2.33. The summed E-state index contributed by atoms with van der Waals surface area (Å²) in [5, 5.41) is 3.83. The van der Waals surface area contributed by atoms with E-state index in [1.54, 1.807) is 0 Å². The molecule has 1 aliphatic rings. The van der Waals surface area contributed by atoms with E-state index in [9.17, 15) is 0 Å². The summed E-state index contributed by atoms with van der Waals surface area (Å²) in [6.45, 7) is 6.68. The molecule has 0 spiro atoms. The fourth-order valence-electron chi connectivity index (χ4n) is 3.24. The minimum atomic E-state index is 0.295. The van der Waals surface area contributed by atoms with Gasteiger partial charge in [-0.3, -0.25) is 0 Å². The van der Waals surface area contributed by atoms with E-state index in [4.69, 9.17) is 0 Å². The summed E-state index contributed by atoms with van der Waals surface area (Å²) < 4.78 is 2.28. The normalized spacial score (nSPS) is 25.0. The largest absolute Gasteiger partial charge is 0.335 e. The Balaban J connectivity index is 2.13. The van der Waals surface area contributed by atoms with E-state index in [0.717, 1.165) is 13.0 Å². The van der Waals surface area contributed by atoms with Crippen molar-refractivity contribution in [1.82, 2.24) is 14.9 Å². The molecule has 1 aromatic heterocycles. The molecule has 0 bridgehead atoms. The highest BCUT2D eigenvalue weighted by Crippen LogP contribution is 2.27. The predicted molar refractivity (Wildman–Crippen MR) is 75.7 cm³/mol. The Bertz CT molecular complexity index is 348. The van der Waals surface area contributed by atoms with Gasteiger partial charge in [-0.1, -0.05) is 26.2 Å². The minimum Gasteiger partial charge on any atom is -0.335 e. The van der Waals surface area contributed by atoms with Crippen molar-refractivity contribution in [1.29, 1.82) is 0 Å². The molecular weight excluding hydrogens is 222 g/mol. The number of imidazole rings is 1. The maximum absolute atomic E-state index is 4.56. The summed E-state index contributed by atoms with van der Waals surface area (Å²) in [5.74, 6) is 1.25. The van der Waals surface area contributed by atoms with Gasteiger partial charge in [0.25, 0.3) is 0 Å². The third kappa shape index (κ3) is 3.14. The second-order valence-electron chi connectivity index (χ2n) is 5.57. The summed E-state index contributed by atoms with van der Waals surface area (Å²) in [5.41, 5.74) is 0.295. The SMILES string of the molecule is CCCC1(Cc2nccn2CC)CCCCCN1. The van der Waals surface area contributed by atoms with Crippen LogP contribution in [0.25, 0.3) is 0 Å². The van der Waals surface area contributed by atoms with Crippen LogP contribution in [-0.2, 0) is 13.0 Å². The maximum Gasteiger partial charge on any atom is 0.110 e. The standard InChI is InChI=1S/C15H27N3/c1-3-8-15(9-6-5-7-10-17-15)13-14-16-11-12-18(14)4-2/h11-12,17H,3-10,13H2,1-2H3. The van der Waals surface area contributed by atoms with Crippen molar-refractivity contribution in [2.45, 2.75) is 70.9 Å². The lowest BCUT2D eigenvalue weighted by Crippen LogP contribution is -2.47. The van der Waals surface area contributed by atoms with E-state index >= 15 is 0 Å². The molecular formula is C15H27N3. The van der Waals surface area contributed by atoms with Crippen LogP contribution in [0.3, 0.4) is 0 Å². The van der Waals surface area contributed by atoms with Gasteiger partial charge >= 0.3 is 0 Å². The molecule has 1 aromatic rings. The molecule has 2 heterocycles. The number of hydrogen-bond donors (Lipinski definition) is 1. The molecule has 0 aliphatic carbocycles. The maximum atomic E-state index is 4.56. The summed E-state index contributed by atoms with van der Waals surface area (Å²) >= 11 is 0. The zero-order valence-corrected chi connectivity index (χ0v) is 11.9. The minimum absolute atomic E-state index is 0.295. The first-order chi connectivity index (χ1) is 8.79. The van der Waals surface area contributed by atoms with Crippen LogP contribution in [-0.4, -0.2) is 21.6 Å². The van der Waals surface area contributed by atoms with E-state index in [-0.39, 0.29) is 0 Å². The van der Waals surface area contributed by atoms with E-state index < -0.39 is 0 Å². The van der Waals surface area contributed by atoms with Gasteiger partial charge in [0.05, 0.1) is 0 Å². The van der Waals surface area contributed by atoms with Crippen LogP contribution in [0.2, 0.25) is 0 Å². The quantitative estimate of drug-likeness (QED) is 0.869. The molecule has 3 nitrogen and oxygen atoms in total. The Labute approximate surface area is 111 Å². The van der Waals surface area contributed by atoms with Crippen LogP contribution >= 0.6 is 0 Å². The van der Waals surface area contributed by atoms with Gasteiger partial charge in [-0.15, -0.1) is 0 Å². The molecule has 18 heavy (non-hydrogen) atoms. The monoisotopic (exact) mass is 249 g/mol. The molecule has 0 amide bonds. The zero-order valence-electron chi connectivity index (χ0n) is 11.9. The van der Waals surface area contributed by atoms with Gasteiger partial charge < -0.3 is 9.88 Å². The van der Waals surface area contributed by atoms with Gasteiger partial charge in [-0.2, -0.15) is 0 Å². The summed E-state index contributed by atoms with van der Waals surface area (Å²) in [6.07, 6.45) is 13.0. The Morgan fingerprint density at radius 3 is 3.00 bits per heavy atom. The molecule has 0 radical (unpaired) electrons. The van der Waals surface area contributed by atoms with Crippen LogP contribution in [0.15, 0.2) is 12.4 Å². The van der Waals surface area contributed by atoms with Crippen molar-refractivity contribution in [2.24, 2.45) is 0 Å². The molecule has 0 aromatic carbocycles. The second-order valence-corrected chi connectivity index (χ2v) is 5.57. The number of hydrogen-bond acceptors (Lipinski definition) is 2. The fraction of sp³-hybridized carbons (Fsp3) is 0.800. The number of nitrogens with one attached hydrogen (secondary N) is 1. The Morgan fingerprint density at radius 2 is 2.22 bits per heavy atom. The Kier molecular flexibility index (Phi) is 4.81. The highest BCUT2D eigenvalue weighted by molar-refractivity contribution is 5.02. The van der Waals surface area contributed by atoms with Crippen molar-refractivity contribution in [3.63, 3.8) is 0 Å². The molecule has 1 aliphatic heterocycles. The average Bonchev–Trinajstić information content (AvgIpc) is 2.68. The molecule has 1 unspecified atom stereocenters. The van der Waals surface area contributed by atoms with Crippen LogP contribution in [0.5, 0.6) is 0 Å². The van der Waals surface area contributed by atoms with Gasteiger partial charge in [0.1, 0.15) is 5.82 Å². The van der Waals surface area contributed by atoms with Gasteiger partial charge in [-0.25, -0.2) is 4.98 Å². The summed E-state index contributed by atoms with van der Waals surface area (Å²) in [4.78, 5) is 4.56. The highest BCUT2D eigenvalue weighted by Gasteiger charge is 2.31. The summed E-state index contributed by atoms with van der Waals surface area (Å²) in [6, 6.07) is 0. The van der Waals surface area contributed by atoms with Crippen molar-refractivity contribution in [3.05, 3.63) is 18.2 Å². The third-order valence-corrected chi connectivity index (χ3v) is 4.20. The van der Waals surface area contributed by atoms with Crippen molar-refractivity contribution in [3.8, 4) is 0 Å². The fourth-order valence-corrected chi connectivity index (χ4v) is 3.24. The van der Waals surface area contributed by atoms with E-state index in [0.29, 0.717) is 5.54 Å². The smallest absolute Gasteiger partial charge is 0.110 e. The van der Waals surface area contributed by atoms with E-state index in [1.807, 2.05) is 6.20 Å². The topological polar surface area (TPSA) is 29.9 Å². The molecule has 3 heteroatoms. The molecule has 1 N–H and O–H groups in total. The van der Waals surface area contributed by atoms with Gasteiger partial charge in [0, 0.05) is 30.9 Å². The zero-order chi connectivity index (χ0) is 12.8. The van der Waals surface area contributed by atoms with Gasteiger partial charge in [-0.05, 0) is 32.7 Å². The highest BCUT2D eigenvalue weighted by atomic mass is 15.1. The first-order valence-electron chi connectivity index (χ1n) is 7.55. The number of aromatic nitrogens is 2. The number of nitrogens with zero attached hydrogens (tertiary/aromatic N) is 2.